The Morgan fingerprint density at radius 1 is 1.20 bits per heavy atom. The first-order valence-corrected chi connectivity index (χ1v) is 6.96. The fourth-order valence-electron chi connectivity index (χ4n) is 2.15. The van der Waals surface area contributed by atoms with Gasteiger partial charge in [-0.25, -0.2) is 9.97 Å². The second-order valence-corrected chi connectivity index (χ2v) is 5.08. The Hall–Kier alpha value is -2.21. The van der Waals surface area contributed by atoms with Crippen molar-refractivity contribution in [1.82, 2.24) is 9.97 Å². The number of aromatic nitrogens is 2. The van der Waals surface area contributed by atoms with Gasteiger partial charge < -0.3 is 0 Å². The van der Waals surface area contributed by atoms with Crippen LogP contribution in [0.5, 0.6) is 0 Å². The third kappa shape index (κ3) is 3.21. The predicted molar refractivity (Wildman–Crippen MR) is 80.2 cm³/mol. The lowest BCUT2D eigenvalue weighted by molar-refractivity contribution is 0.734. The standard InChI is InChI=1S/C17H19N3/c1-4-12(2)14-5-7-15(8-6-14)16-11-13(3)19-17(20-16)9-10-18/h5-8,11-12H,4,9H2,1-3H3. The van der Waals surface area contributed by atoms with E-state index in [1.165, 1.54) is 5.56 Å². The first kappa shape index (κ1) is 14.2. The lowest BCUT2D eigenvalue weighted by Gasteiger charge is -2.10. The normalized spacial score (nSPS) is 11.9. The Balaban J connectivity index is 2.34. The van der Waals surface area contributed by atoms with E-state index >= 15 is 0 Å². The highest BCUT2D eigenvalue weighted by atomic mass is 14.9. The van der Waals surface area contributed by atoms with Gasteiger partial charge in [0.25, 0.3) is 0 Å². The van der Waals surface area contributed by atoms with Crippen molar-refractivity contribution < 1.29 is 0 Å². The summed E-state index contributed by atoms with van der Waals surface area (Å²) in [5.41, 5.74) is 4.20. The number of hydrogen-bond donors (Lipinski definition) is 0. The summed E-state index contributed by atoms with van der Waals surface area (Å²) < 4.78 is 0. The van der Waals surface area contributed by atoms with Gasteiger partial charge in [-0.3, -0.25) is 0 Å². The van der Waals surface area contributed by atoms with E-state index < -0.39 is 0 Å². The smallest absolute Gasteiger partial charge is 0.143 e. The van der Waals surface area contributed by atoms with Crippen LogP contribution in [-0.4, -0.2) is 9.97 Å². The van der Waals surface area contributed by atoms with Crippen LogP contribution in [0.25, 0.3) is 11.3 Å². The van der Waals surface area contributed by atoms with Gasteiger partial charge in [-0.15, -0.1) is 0 Å². The van der Waals surface area contributed by atoms with Crippen LogP contribution < -0.4 is 0 Å². The second kappa shape index (κ2) is 6.29. The molecule has 1 aromatic carbocycles. The topological polar surface area (TPSA) is 49.6 Å². The Morgan fingerprint density at radius 2 is 1.90 bits per heavy atom. The molecule has 1 heterocycles. The Bertz CT molecular complexity index is 624. The summed E-state index contributed by atoms with van der Waals surface area (Å²) in [5.74, 6) is 1.17. The summed E-state index contributed by atoms with van der Waals surface area (Å²) in [7, 11) is 0. The van der Waals surface area contributed by atoms with Crippen molar-refractivity contribution in [2.75, 3.05) is 0 Å². The van der Waals surface area contributed by atoms with E-state index in [-0.39, 0.29) is 6.42 Å². The van der Waals surface area contributed by atoms with Gasteiger partial charge in [0.1, 0.15) is 5.82 Å². The molecule has 2 rings (SSSR count). The zero-order valence-corrected chi connectivity index (χ0v) is 12.2. The monoisotopic (exact) mass is 265 g/mol. The fraction of sp³-hybridized carbons (Fsp3) is 0.353. The molecule has 3 nitrogen and oxygen atoms in total. The van der Waals surface area contributed by atoms with Crippen molar-refractivity contribution in [3.05, 3.63) is 47.4 Å². The summed E-state index contributed by atoms with van der Waals surface area (Å²) in [6.45, 7) is 6.36. The summed E-state index contributed by atoms with van der Waals surface area (Å²) in [4.78, 5) is 8.73. The maximum atomic E-state index is 8.77. The summed E-state index contributed by atoms with van der Waals surface area (Å²) >= 11 is 0. The fourth-order valence-corrected chi connectivity index (χ4v) is 2.15. The molecule has 2 aromatic rings. The van der Waals surface area contributed by atoms with Crippen LogP contribution in [0, 0.1) is 18.3 Å². The molecule has 102 valence electrons. The molecule has 3 heteroatoms. The minimum atomic E-state index is 0.250. The van der Waals surface area contributed by atoms with E-state index in [1.807, 2.05) is 13.0 Å². The molecule has 0 saturated carbocycles. The Morgan fingerprint density at radius 3 is 2.50 bits per heavy atom. The largest absolute Gasteiger partial charge is 0.237 e. The van der Waals surface area contributed by atoms with Crippen LogP contribution in [0.2, 0.25) is 0 Å². The molecule has 0 amide bonds. The molecule has 0 bridgehead atoms. The van der Waals surface area contributed by atoms with Gasteiger partial charge in [-0.1, -0.05) is 38.1 Å². The zero-order valence-electron chi connectivity index (χ0n) is 12.2. The molecular weight excluding hydrogens is 246 g/mol. The van der Waals surface area contributed by atoms with Gasteiger partial charge in [0.2, 0.25) is 0 Å². The van der Waals surface area contributed by atoms with Crippen LogP contribution in [0.3, 0.4) is 0 Å². The van der Waals surface area contributed by atoms with E-state index in [4.69, 9.17) is 5.26 Å². The molecule has 0 saturated heterocycles. The Kier molecular flexibility index (Phi) is 4.47. The molecule has 0 aliphatic carbocycles. The summed E-state index contributed by atoms with van der Waals surface area (Å²) in [5, 5.41) is 8.77. The van der Waals surface area contributed by atoms with Crippen molar-refractivity contribution >= 4 is 0 Å². The number of nitrogens with zero attached hydrogens (tertiary/aromatic N) is 3. The first-order chi connectivity index (χ1) is 9.63. The zero-order chi connectivity index (χ0) is 14.5. The minimum Gasteiger partial charge on any atom is -0.237 e. The van der Waals surface area contributed by atoms with Crippen molar-refractivity contribution in [3.63, 3.8) is 0 Å². The predicted octanol–water partition coefficient (Wildman–Crippen LogP) is 4.03. The number of benzene rings is 1. The number of hydrogen-bond acceptors (Lipinski definition) is 3. The van der Waals surface area contributed by atoms with E-state index in [1.54, 1.807) is 0 Å². The number of rotatable bonds is 4. The first-order valence-electron chi connectivity index (χ1n) is 6.96. The lowest BCUT2D eigenvalue weighted by atomic mass is 9.97. The maximum absolute atomic E-state index is 8.77. The average Bonchev–Trinajstić information content (AvgIpc) is 2.46. The van der Waals surface area contributed by atoms with Gasteiger partial charge in [-0.05, 0) is 30.9 Å². The Labute approximate surface area is 120 Å². The summed E-state index contributed by atoms with van der Waals surface area (Å²) in [6.07, 6.45) is 1.39. The molecule has 0 fully saturated rings. The van der Waals surface area contributed by atoms with E-state index in [9.17, 15) is 0 Å². The van der Waals surface area contributed by atoms with E-state index in [0.717, 1.165) is 23.4 Å². The van der Waals surface area contributed by atoms with Crippen molar-refractivity contribution in [1.29, 1.82) is 5.26 Å². The third-order valence-corrected chi connectivity index (χ3v) is 3.53. The number of nitriles is 1. The molecule has 0 N–H and O–H groups in total. The van der Waals surface area contributed by atoms with Gasteiger partial charge in [-0.2, -0.15) is 5.26 Å². The molecule has 0 aliphatic rings. The lowest BCUT2D eigenvalue weighted by Crippen LogP contribution is -1.98. The van der Waals surface area contributed by atoms with Crippen LogP contribution in [0.1, 0.15) is 43.3 Å². The molecule has 0 radical (unpaired) electrons. The van der Waals surface area contributed by atoms with Crippen LogP contribution in [-0.2, 0) is 6.42 Å². The third-order valence-electron chi connectivity index (χ3n) is 3.53. The molecule has 1 atom stereocenters. The van der Waals surface area contributed by atoms with Gasteiger partial charge in [0.05, 0.1) is 18.2 Å². The molecule has 1 unspecified atom stereocenters. The van der Waals surface area contributed by atoms with Crippen LogP contribution >= 0.6 is 0 Å². The highest BCUT2D eigenvalue weighted by Crippen LogP contribution is 2.23. The molecule has 0 spiro atoms. The van der Waals surface area contributed by atoms with Gasteiger partial charge in [0.15, 0.2) is 0 Å². The van der Waals surface area contributed by atoms with Crippen molar-refractivity contribution in [3.8, 4) is 17.3 Å². The SMILES string of the molecule is CCC(C)c1ccc(-c2cc(C)nc(CC#N)n2)cc1. The molecule has 0 aliphatic heterocycles. The quantitative estimate of drug-likeness (QED) is 0.838. The highest BCUT2D eigenvalue weighted by Gasteiger charge is 2.06. The van der Waals surface area contributed by atoms with Crippen molar-refractivity contribution in [2.45, 2.75) is 39.5 Å². The molecular formula is C17H19N3. The summed E-state index contributed by atoms with van der Waals surface area (Å²) in [6, 6.07) is 12.6. The highest BCUT2D eigenvalue weighted by molar-refractivity contribution is 5.60. The second-order valence-electron chi connectivity index (χ2n) is 5.08. The van der Waals surface area contributed by atoms with Gasteiger partial charge in [0, 0.05) is 11.3 Å². The minimum absolute atomic E-state index is 0.250. The van der Waals surface area contributed by atoms with Gasteiger partial charge >= 0.3 is 0 Å². The maximum Gasteiger partial charge on any atom is 0.143 e. The average molecular weight is 265 g/mol. The number of aryl methyl sites for hydroxylation is 1. The van der Waals surface area contributed by atoms with Crippen LogP contribution in [0.4, 0.5) is 0 Å². The van der Waals surface area contributed by atoms with E-state index in [2.05, 4.69) is 54.2 Å². The van der Waals surface area contributed by atoms with E-state index in [0.29, 0.717) is 11.7 Å². The van der Waals surface area contributed by atoms with Crippen LogP contribution in [0.15, 0.2) is 30.3 Å². The molecule has 1 aromatic heterocycles. The van der Waals surface area contributed by atoms with Crippen molar-refractivity contribution in [2.24, 2.45) is 0 Å². The molecule has 20 heavy (non-hydrogen) atoms.